The topological polar surface area (TPSA) is 108 Å². The molecule has 2 heterocycles. The molecule has 1 saturated carbocycles. The number of carbonyl (C=O) groups is 3. The minimum absolute atomic E-state index is 0.116. The van der Waals surface area contributed by atoms with Crippen LogP contribution in [0.25, 0.3) is 0 Å². The van der Waals surface area contributed by atoms with E-state index in [4.69, 9.17) is 24.1 Å². The van der Waals surface area contributed by atoms with Crippen molar-refractivity contribution < 1.29 is 38.4 Å². The van der Waals surface area contributed by atoms with Crippen LogP contribution >= 0.6 is 0 Å². The SMILES string of the molecule is O=C[C@@]1(OC2CCCCO2)CCC(=O)C1(CCCCCCC(=O)O)OC1CCCCO1. The third-order valence-electron chi connectivity index (χ3n) is 6.67. The Morgan fingerprint density at radius 2 is 1.65 bits per heavy atom. The second kappa shape index (κ2) is 11.5. The van der Waals surface area contributed by atoms with Gasteiger partial charge in [0, 0.05) is 26.1 Å². The fraction of sp³-hybridized carbons (Fsp3) is 0.870. The highest BCUT2D eigenvalue weighted by atomic mass is 16.7. The average Bonchev–Trinajstić information content (AvgIpc) is 3.04. The lowest BCUT2D eigenvalue weighted by Crippen LogP contribution is -2.61. The molecule has 3 unspecified atom stereocenters. The summed E-state index contributed by atoms with van der Waals surface area (Å²) < 4.78 is 24.1. The van der Waals surface area contributed by atoms with Crippen LogP contribution in [-0.4, -0.2) is 60.1 Å². The maximum atomic E-state index is 13.3. The van der Waals surface area contributed by atoms with Gasteiger partial charge in [-0.2, -0.15) is 0 Å². The summed E-state index contributed by atoms with van der Waals surface area (Å²) in [4.78, 5) is 36.5. The van der Waals surface area contributed by atoms with Crippen molar-refractivity contribution in [3.05, 3.63) is 0 Å². The zero-order valence-electron chi connectivity index (χ0n) is 18.4. The first-order valence-electron chi connectivity index (χ1n) is 11.8. The second-order valence-corrected chi connectivity index (χ2v) is 8.89. The molecule has 3 rings (SSSR count). The molecule has 31 heavy (non-hydrogen) atoms. The van der Waals surface area contributed by atoms with Crippen LogP contribution in [0.2, 0.25) is 0 Å². The molecular weight excluding hydrogens is 404 g/mol. The number of ether oxygens (including phenoxy) is 4. The molecule has 0 spiro atoms. The second-order valence-electron chi connectivity index (χ2n) is 8.89. The predicted molar refractivity (Wildman–Crippen MR) is 110 cm³/mol. The minimum Gasteiger partial charge on any atom is -0.481 e. The van der Waals surface area contributed by atoms with Crippen LogP contribution in [-0.2, 0) is 33.3 Å². The van der Waals surface area contributed by atoms with Crippen LogP contribution in [0.5, 0.6) is 0 Å². The Labute approximate surface area is 183 Å². The molecule has 0 amide bonds. The Kier molecular flexibility index (Phi) is 9.01. The van der Waals surface area contributed by atoms with Crippen LogP contribution in [0.3, 0.4) is 0 Å². The highest BCUT2D eigenvalue weighted by Crippen LogP contribution is 2.47. The molecule has 3 fully saturated rings. The van der Waals surface area contributed by atoms with Crippen molar-refractivity contribution in [1.82, 2.24) is 0 Å². The number of rotatable bonds is 12. The van der Waals surface area contributed by atoms with Crippen molar-refractivity contribution in [2.45, 2.75) is 114 Å². The summed E-state index contributed by atoms with van der Waals surface area (Å²) in [6.45, 7) is 1.15. The normalized spacial score (nSPS) is 34.0. The number of carboxylic acid groups (broad SMARTS) is 1. The summed E-state index contributed by atoms with van der Waals surface area (Å²) in [6, 6.07) is 0. The van der Waals surface area contributed by atoms with Gasteiger partial charge in [-0.1, -0.05) is 12.8 Å². The molecule has 8 nitrogen and oxygen atoms in total. The van der Waals surface area contributed by atoms with Crippen molar-refractivity contribution in [2.24, 2.45) is 0 Å². The van der Waals surface area contributed by atoms with Crippen molar-refractivity contribution in [1.29, 1.82) is 0 Å². The van der Waals surface area contributed by atoms with Crippen LogP contribution < -0.4 is 0 Å². The van der Waals surface area contributed by atoms with Gasteiger partial charge in [-0.3, -0.25) is 14.4 Å². The van der Waals surface area contributed by atoms with Crippen molar-refractivity contribution in [3.63, 3.8) is 0 Å². The van der Waals surface area contributed by atoms with Gasteiger partial charge in [0.15, 0.2) is 35.9 Å². The number of aliphatic carboxylic acids is 1. The highest BCUT2D eigenvalue weighted by molar-refractivity contribution is 5.97. The monoisotopic (exact) mass is 440 g/mol. The summed E-state index contributed by atoms with van der Waals surface area (Å²) in [5.74, 6) is -0.920. The summed E-state index contributed by atoms with van der Waals surface area (Å²) in [5.41, 5.74) is -2.77. The van der Waals surface area contributed by atoms with Crippen LogP contribution in [0, 0.1) is 0 Å². The number of carbonyl (C=O) groups excluding carboxylic acids is 2. The first kappa shape index (κ1) is 24.3. The van der Waals surface area contributed by atoms with E-state index in [1.807, 2.05) is 0 Å². The molecule has 0 aromatic carbocycles. The van der Waals surface area contributed by atoms with Crippen LogP contribution in [0.15, 0.2) is 0 Å². The van der Waals surface area contributed by atoms with Crippen LogP contribution in [0.4, 0.5) is 0 Å². The van der Waals surface area contributed by atoms with E-state index in [1.165, 1.54) is 0 Å². The van der Waals surface area contributed by atoms with E-state index in [1.54, 1.807) is 0 Å². The van der Waals surface area contributed by atoms with Gasteiger partial charge in [-0.05, 0) is 64.2 Å². The maximum absolute atomic E-state index is 13.3. The lowest BCUT2D eigenvalue weighted by atomic mass is 9.81. The van der Waals surface area contributed by atoms with Crippen molar-refractivity contribution >= 4 is 18.0 Å². The molecule has 4 atom stereocenters. The van der Waals surface area contributed by atoms with Gasteiger partial charge in [0.25, 0.3) is 0 Å². The van der Waals surface area contributed by atoms with Crippen LogP contribution in [0.1, 0.15) is 89.9 Å². The van der Waals surface area contributed by atoms with E-state index in [0.29, 0.717) is 45.3 Å². The highest BCUT2D eigenvalue weighted by Gasteiger charge is 2.64. The van der Waals surface area contributed by atoms with Gasteiger partial charge >= 0.3 is 5.97 Å². The number of unbranched alkanes of at least 4 members (excludes halogenated alkanes) is 3. The van der Waals surface area contributed by atoms with E-state index in [0.717, 1.165) is 44.8 Å². The molecule has 2 saturated heterocycles. The number of ketones is 1. The average molecular weight is 441 g/mol. The Morgan fingerprint density at radius 3 is 2.23 bits per heavy atom. The molecule has 0 bridgehead atoms. The number of aldehydes is 1. The van der Waals surface area contributed by atoms with Crippen molar-refractivity contribution in [3.8, 4) is 0 Å². The molecule has 0 radical (unpaired) electrons. The molecule has 0 aromatic rings. The first-order valence-corrected chi connectivity index (χ1v) is 11.8. The molecule has 8 heteroatoms. The van der Waals surface area contributed by atoms with E-state index >= 15 is 0 Å². The van der Waals surface area contributed by atoms with Gasteiger partial charge in [0.05, 0.1) is 0 Å². The minimum atomic E-state index is -1.38. The molecule has 1 aliphatic carbocycles. The first-order chi connectivity index (χ1) is 15.0. The summed E-state index contributed by atoms with van der Waals surface area (Å²) in [6.07, 6.45) is 8.62. The quantitative estimate of drug-likeness (QED) is 0.363. The zero-order chi connectivity index (χ0) is 22.2. The number of hydrogen-bond acceptors (Lipinski definition) is 7. The molecular formula is C23H36O8. The Balaban J connectivity index is 1.75. The smallest absolute Gasteiger partial charge is 0.303 e. The van der Waals surface area contributed by atoms with E-state index < -0.39 is 29.8 Å². The molecule has 1 N–H and O–H groups in total. The van der Waals surface area contributed by atoms with E-state index in [2.05, 4.69) is 0 Å². The van der Waals surface area contributed by atoms with Gasteiger partial charge in [-0.15, -0.1) is 0 Å². The third-order valence-corrected chi connectivity index (χ3v) is 6.67. The summed E-state index contributed by atoms with van der Waals surface area (Å²) in [7, 11) is 0. The Morgan fingerprint density at radius 1 is 1.00 bits per heavy atom. The largest absolute Gasteiger partial charge is 0.481 e. The third kappa shape index (κ3) is 5.92. The molecule has 2 aliphatic heterocycles. The van der Waals surface area contributed by atoms with Gasteiger partial charge in [-0.25, -0.2) is 0 Å². The van der Waals surface area contributed by atoms with Crippen molar-refractivity contribution in [2.75, 3.05) is 13.2 Å². The Bertz CT molecular complexity index is 611. The maximum Gasteiger partial charge on any atom is 0.303 e. The zero-order valence-corrected chi connectivity index (χ0v) is 18.4. The van der Waals surface area contributed by atoms with Gasteiger partial charge < -0.3 is 24.1 Å². The summed E-state index contributed by atoms with van der Waals surface area (Å²) >= 11 is 0. The number of carboxylic acids is 1. The number of hydrogen-bond donors (Lipinski definition) is 1. The van der Waals surface area contributed by atoms with Gasteiger partial charge in [0.1, 0.15) is 0 Å². The lowest BCUT2D eigenvalue weighted by Gasteiger charge is -2.45. The predicted octanol–water partition coefficient (Wildman–Crippen LogP) is 3.54. The molecule has 0 aromatic heterocycles. The standard InChI is InChI=1S/C23H36O8/c24-17-22(30-20-10-4-7-15-28-20)14-12-18(25)23(22,31-21-11-5-8-16-29-21)13-6-2-1-3-9-19(26)27/h17,20-21H,1-16H2,(H,26,27)/t20?,21?,22-,23?/m0/s1. The van der Waals surface area contributed by atoms with E-state index in [9.17, 15) is 14.4 Å². The summed E-state index contributed by atoms with van der Waals surface area (Å²) in [5, 5.41) is 8.81. The fourth-order valence-corrected chi connectivity index (χ4v) is 4.92. The lowest BCUT2D eigenvalue weighted by molar-refractivity contribution is -0.293. The molecule has 176 valence electrons. The Hall–Kier alpha value is -1.35. The molecule has 3 aliphatic rings. The fourth-order valence-electron chi connectivity index (χ4n) is 4.92. The van der Waals surface area contributed by atoms with Gasteiger partial charge in [0.2, 0.25) is 0 Å². The number of Topliss-reactive ketones (excluding diaryl/α,β-unsaturated/α-hetero) is 1. The van der Waals surface area contributed by atoms with E-state index in [-0.39, 0.29) is 25.0 Å².